The van der Waals surface area contributed by atoms with E-state index in [1.54, 1.807) is 0 Å². The molecule has 1 atom stereocenters. The van der Waals surface area contributed by atoms with Crippen LogP contribution in [-0.4, -0.2) is 31.0 Å². The van der Waals surface area contributed by atoms with Gasteiger partial charge in [0.15, 0.2) is 5.75 Å². The van der Waals surface area contributed by atoms with Crippen LogP contribution in [0.4, 0.5) is 0 Å². The maximum Gasteiger partial charge on any atom is 0.343 e. The molecule has 0 aromatic heterocycles. The summed E-state index contributed by atoms with van der Waals surface area (Å²) in [6.45, 7) is 3.95. The molecule has 0 saturated heterocycles. The quantitative estimate of drug-likeness (QED) is 0.403. The third kappa shape index (κ3) is 5.64. The van der Waals surface area contributed by atoms with Crippen LogP contribution in [0.3, 0.4) is 0 Å². The highest BCUT2D eigenvalue weighted by Crippen LogP contribution is 2.24. The predicted molar refractivity (Wildman–Crippen MR) is 102 cm³/mol. The third-order valence-corrected chi connectivity index (χ3v) is 4.92. The Hall–Kier alpha value is -2.71. The molecule has 2 aromatic rings. The van der Waals surface area contributed by atoms with Crippen molar-refractivity contribution in [1.29, 1.82) is 0 Å². The van der Waals surface area contributed by atoms with Gasteiger partial charge in [0.2, 0.25) is 0 Å². The Bertz CT molecular complexity index is 933. The van der Waals surface area contributed by atoms with Crippen molar-refractivity contribution < 1.29 is 32.0 Å². The minimum Gasteiger partial charge on any atom is -0.459 e. The van der Waals surface area contributed by atoms with Crippen LogP contribution in [0.2, 0.25) is 0 Å². The van der Waals surface area contributed by atoms with Crippen molar-refractivity contribution in [2.24, 2.45) is 0 Å². The van der Waals surface area contributed by atoms with Gasteiger partial charge in [0.25, 0.3) is 10.1 Å². The van der Waals surface area contributed by atoms with Gasteiger partial charge in [-0.3, -0.25) is 4.55 Å². The van der Waals surface area contributed by atoms with Crippen molar-refractivity contribution in [3.63, 3.8) is 0 Å². The molecule has 0 aliphatic carbocycles. The first kappa shape index (κ1) is 21.6. The van der Waals surface area contributed by atoms with Crippen molar-refractivity contribution in [3.05, 3.63) is 59.7 Å². The van der Waals surface area contributed by atoms with Gasteiger partial charge >= 0.3 is 11.9 Å². The molecule has 0 fully saturated rings. The van der Waals surface area contributed by atoms with E-state index in [0.29, 0.717) is 5.56 Å². The van der Waals surface area contributed by atoms with Gasteiger partial charge in [-0.25, -0.2) is 9.59 Å². The van der Waals surface area contributed by atoms with Gasteiger partial charge in [-0.15, -0.1) is 0 Å². The predicted octanol–water partition coefficient (Wildman–Crippen LogP) is 3.89. The molecule has 0 saturated carbocycles. The van der Waals surface area contributed by atoms with Crippen LogP contribution in [0, 0.1) is 0 Å². The number of esters is 2. The number of rotatable bonds is 8. The van der Waals surface area contributed by atoms with Crippen molar-refractivity contribution in [3.8, 4) is 5.75 Å². The fourth-order valence-electron chi connectivity index (χ4n) is 2.54. The SMILES string of the molecule is CCCC(CC)OC(=O)c1ccc(C(=O)Oc2ccccc2S(=O)(=O)O)cc1. The Balaban J connectivity index is 2.12. The summed E-state index contributed by atoms with van der Waals surface area (Å²) in [6.07, 6.45) is 2.25. The van der Waals surface area contributed by atoms with Crippen LogP contribution in [-0.2, 0) is 14.9 Å². The van der Waals surface area contributed by atoms with E-state index < -0.39 is 27.0 Å². The fourth-order valence-corrected chi connectivity index (χ4v) is 3.15. The molecule has 1 N–H and O–H groups in total. The summed E-state index contributed by atoms with van der Waals surface area (Å²) in [5.41, 5.74) is 0.409. The van der Waals surface area contributed by atoms with E-state index in [0.717, 1.165) is 25.3 Å². The molecule has 0 aliphatic rings. The first-order chi connectivity index (χ1) is 13.3. The normalized spacial score (nSPS) is 12.2. The smallest absolute Gasteiger partial charge is 0.343 e. The Morgan fingerprint density at radius 1 is 0.964 bits per heavy atom. The molecule has 0 bridgehead atoms. The summed E-state index contributed by atoms with van der Waals surface area (Å²) in [5.74, 6) is -1.59. The molecule has 2 aromatic carbocycles. The van der Waals surface area contributed by atoms with Gasteiger partial charge in [-0.05, 0) is 49.2 Å². The second-order valence-electron chi connectivity index (χ2n) is 6.11. The largest absolute Gasteiger partial charge is 0.459 e. The number of ether oxygens (including phenoxy) is 2. The maximum atomic E-state index is 12.3. The Labute approximate surface area is 164 Å². The average Bonchev–Trinajstić information content (AvgIpc) is 2.67. The van der Waals surface area contributed by atoms with Crippen molar-refractivity contribution in [2.75, 3.05) is 0 Å². The molecule has 0 radical (unpaired) electrons. The first-order valence-electron chi connectivity index (χ1n) is 8.86. The van der Waals surface area contributed by atoms with Gasteiger partial charge in [0.1, 0.15) is 11.0 Å². The standard InChI is InChI=1S/C20H22O7S/c1-3-7-16(4-2)26-19(21)14-10-12-15(13-11-14)20(22)27-17-8-5-6-9-18(17)28(23,24)25/h5-6,8-13,16H,3-4,7H2,1-2H3,(H,23,24,25). The summed E-state index contributed by atoms with van der Waals surface area (Å²) in [6, 6.07) is 10.9. The number of carbonyl (C=O) groups is 2. The van der Waals surface area contributed by atoms with E-state index in [2.05, 4.69) is 0 Å². The molecule has 0 spiro atoms. The number of hydrogen-bond donors (Lipinski definition) is 1. The average molecular weight is 406 g/mol. The number of hydrogen-bond acceptors (Lipinski definition) is 6. The van der Waals surface area contributed by atoms with E-state index >= 15 is 0 Å². The van der Waals surface area contributed by atoms with Gasteiger partial charge < -0.3 is 9.47 Å². The molecule has 0 amide bonds. The van der Waals surface area contributed by atoms with Crippen LogP contribution in [0.25, 0.3) is 0 Å². The number of para-hydroxylation sites is 1. The molecule has 0 heterocycles. The highest BCUT2D eigenvalue weighted by Gasteiger charge is 2.20. The van der Waals surface area contributed by atoms with E-state index in [9.17, 15) is 22.6 Å². The molecule has 7 nitrogen and oxygen atoms in total. The molecule has 0 aliphatic heterocycles. The third-order valence-electron chi connectivity index (χ3n) is 4.03. The monoisotopic (exact) mass is 406 g/mol. The van der Waals surface area contributed by atoms with E-state index in [1.165, 1.54) is 42.5 Å². The van der Waals surface area contributed by atoms with Crippen LogP contribution >= 0.6 is 0 Å². The summed E-state index contributed by atoms with van der Waals surface area (Å²) in [7, 11) is -4.54. The summed E-state index contributed by atoms with van der Waals surface area (Å²) in [4.78, 5) is 23.9. The van der Waals surface area contributed by atoms with Gasteiger partial charge in [-0.1, -0.05) is 32.4 Å². The highest BCUT2D eigenvalue weighted by atomic mass is 32.2. The molecular weight excluding hydrogens is 384 g/mol. The molecule has 1 unspecified atom stereocenters. The van der Waals surface area contributed by atoms with E-state index in [4.69, 9.17) is 9.47 Å². The minimum atomic E-state index is -4.54. The maximum absolute atomic E-state index is 12.3. The van der Waals surface area contributed by atoms with Crippen LogP contribution in [0.1, 0.15) is 53.8 Å². The Morgan fingerprint density at radius 3 is 2.07 bits per heavy atom. The first-order valence-corrected chi connectivity index (χ1v) is 10.3. The zero-order valence-corrected chi connectivity index (χ0v) is 16.4. The number of carbonyl (C=O) groups excluding carboxylic acids is 2. The highest BCUT2D eigenvalue weighted by molar-refractivity contribution is 7.86. The molecule has 8 heteroatoms. The van der Waals surface area contributed by atoms with Crippen molar-refractivity contribution in [2.45, 2.75) is 44.1 Å². The molecule has 28 heavy (non-hydrogen) atoms. The van der Waals surface area contributed by atoms with Crippen LogP contribution in [0.5, 0.6) is 5.75 Å². The summed E-state index contributed by atoms with van der Waals surface area (Å²) >= 11 is 0. The minimum absolute atomic E-state index is 0.113. The van der Waals surface area contributed by atoms with Gasteiger partial charge in [0.05, 0.1) is 11.1 Å². The zero-order chi connectivity index (χ0) is 20.7. The van der Waals surface area contributed by atoms with Gasteiger partial charge in [-0.2, -0.15) is 8.42 Å². The van der Waals surface area contributed by atoms with E-state index in [1.807, 2.05) is 13.8 Å². The summed E-state index contributed by atoms with van der Waals surface area (Å²) in [5, 5.41) is 0. The lowest BCUT2D eigenvalue weighted by Crippen LogP contribution is -2.17. The Morgan fingerprint density at radius 2 is 1.54 bits per heavy atom. The Kier molecular flexibility index (Phi) is 7.31. The molecule has 2 rings (SSSR count). The second-order valence-corrected chi connectivity index (χ2v) is 7.50. The van der Waals surface area contributed by atoms with Gasteiger partial charge in [0, 0.05) is 0 Å². The lowest BCUT2D eigenvalue weighted by atomic mass is 10.1. The summed E-state index contributed by atoms with van der Waals surface area (Å²) < 4.78 is 42.4. The number of benzene rings is 2. The lowest BCUT2D eigenvalue weighted by molar-refractivity contribution is 0.0271. The van der Waals surface area contributed by atoms with Crippen LogP contribution < -0.4 is 4.74 Å². The second kappa shape index (κ2) is 9.48. The topological polar surface area (TPSA) is 107 Å². The van der Waals surface area contributed by atoms with Crippen molar-refractivity contribution in [1.82, 2.24) is 0 Å². The fraction of sp³-hybridized carbons (Fsp3) is 0.300. The van der Waals surface area contributed by atoms with Crippen molar-refractivity contribution >= 4 is 22.1 Å². The van der Waals surface area contributed by atoms with Crippen LogP contribution in [0.15, 0.2) is 53.4 Å². The molecule has 150 valence electrons. The lowest BCUT2D eigenvalue weighted by Gasteiger charge is -2.15. The van der Waals surface area contributed by atoms with E-state index in [-0.39, 0.29) is 17.4 Å². The zero-order valence-electron chi connectivity index (χ0n) is 15.6. The molecular formula is C20H22O7S.